The molecule has 0 aromatic heterocycles. The predicted molar refractivity (Wildman–Crippen MR) is 96.4 cm³/mol. The molecule has 0 saturated heterocycles. The largest absolute Gasteiger partial charge is 0.496 e. The maximum absolute atomic E-state index is 12.1. The van der Waals surface area contributed by atoms with Crippen LogP contribution in [0, 0.1) is 0 Å². The fourth-order valence-electron chi connectivity index (χ4n) is 2.92. The molecule has 1 heterocycles. The number of esters is 1. The van der Waals surface area contributed by atoms with Crippen LogP contribution in [0.4, 0.5) is 0 Å². The average Bonchev–Trinajstić information content (AvgIpc) is 2.61. The molecule has 138 valence electrons. The molecule has 0 radical (unpaired) electrons. The Labute approximate surface area is 149 Å². The molecule has 0 amide bonds. The first-order valence-corrected chi connectivity index (χ1v) is 8.42. The van der Waals surface area contributed by atoms with Gasteiger partial charge in [0.25, 0.3) is 0 Å². The third-order valence-corrected chi connectivity index (χ3v) is 4.18. The quantitative estimate of drug-likeness (QED) is 0.706. The van der Waals surface area contributed by atoms with Crippen molar-refractivity contribution in [3.63, 3.8) is 0 Å². The minimum Gasteiger partial charge on any atom is -0.496 e. The molecule has 1 aliphatic heterocycles. The lowest BCUT2D eigenvalue weighted by atomic mass is 9.94. The van der Waals surface area contributed by atoms with Gasteiger partial charge in [0.05, 0.1) is 26.9 Å². The fraction of sp³-hybridized carbons (Fsp3) is 0.526. The van der Waals surface area contributed by atoms with Gasteiger partial charge in [-0.15, -0.1) is 0 Å². The number of likely N-dealkylation sites (N-methyl/N-ethyl adjacent to an activating group) is 1. The summed E-state index contributed by atoms with van der Waals surface area (Å²) in [7, 11) is 6.80. The number of ether oxygens (including phenoxy) is 4. The van der Waals surface area contributed by atoms with Crippen molar-refractivity contribution in [3.05, 3.63) is 23.8 Å². The molecule has 0 N–H and O–H groups in total. The van der Waals surface area contributed by atoms with Gasteiger partial charge in [0.1, 0.15) is 23.4 Å². The summed E-state index contributed by atoms with van der Waals surface area (Å²) in [5.41, 5.74) is 1.70. The monoisotopic (exact) mass is 349 g/mol. The highest BCUT2D eigenvalue weighted by molar-refractivity contribution is 5.81. The summed E-state index contributed by atoms with van der Waals surface area (Å²) < 4.78 is 22.2. The van der Waals surface area contributed by atoms with Crippen molar-refractivity contribution < 1.29 is 23.7 Å². The molecule has 6 nitrogen and oxygen atoms in total. The molecule has 0 fully saturated rings. The Hall–Kier alpha value is -2.21. The first kappa shape index (κ1) is 19.1. The number of methoxy groups -OCH3 is 3. The molecular formula is C19H27NO5. The Bertz CT molecular complexity index is 616. The summed E-state index contributed by atoms with van der Waals surface area (Å²) >= 11 is 0. The molecule has 1 aromatic carbocycles. The molecular weight excluding hydrogens is 322 g/mol. The van der Waals surface area contributed by atoms with Crippen molar-refractivity contribution in [2.45, 2.75) is 25.9 Å². The van der Waals surface area contributed by atoms with Crippen LogP contribution < -0.4 is 14.2 Å². The molecule has 1 unspecified atom stereocenters. The summed E-state index contributed by atoms with van der Waals surface area (Å²) in [6, 6.07) is 3.61. The van der Waals surface area contributed by atoms with Crippen molar-refractivity contribution in [3.8, 4) is 17.2 Å². The number of carbonyl (C=O) groups excluding carboxylic acids is 1. The summed E-state index contributed by atoms with van der Waals surface area (Å²) in [4.78, 5) is 14.2. The Balaban J connectivity index is 2.47. The van der Waals surface area contributed by atoms with Crippen LogP contribution in [-0.2, 0) is 9.53 Å². The molecule has 0 spiro atoms. The lowest BCUT2D eigenvalue weighted by Gasteiger charge is -2.31. The van der Waals surface area contributed by atoms with E-state index in [2.05, 4.69) is 11.0 Å². The van der Waals surface area contributed by atoms with E-state index in [4.69, 9.17) is 18.9 Å². The van der Waals surface area contributed by atoms with Gasteiger partial charge in [0.15, 0.2) is 0 Å². The molecule has 1 atom stereocenters. The number of carbonyl (C=O) groups is 1. The lowest BCUT2D eigenvalue weighted by Crippen LogP contribution is -2.37. The van der Waals surface area contributed by atoms with Crippen LogP contribution in [0.1, 0.15) is 25.3 Å². The molecule has 1 aliphatic rings. The molecule has 0 saturated carbocycles. The summed E-state index contributed by atoms with van der Waals surface area (Å²) in [6.07, 6.45) is 2.86. The van der Waals surface area contributed by atoms with E-state index >= 15 is 0 Å². The SMILES string of the molecule is CCCC(=O)OC1CN(C)CC=C1c1c(OC)cc(OC)cc1OC. The van der Waals surface area contributed by atoms with E-state index in [0.29, 0.717) is 30.2 Å². The Kier molecular flexibility index (Phi) is 6.70. The first-order chi connectivity index (χ1) is 12.0. The highest BCUT2D eigenvalue weighted by atomic mass is 16.5. The van der Waals surface area contributed by atoms with Crippen LogP contribution in [0.3, 0.4) is 0 Å². The van der Waals surface area contributed by atoms with Crippen LogP contribution in [0.15, 0.2) is 18.2 Å². The van der Waals surface area contributed by atoms with Crippen LogP contribution in [0.5, 0.6) is 17.2 Å². The molecule has 0 bridgehead atoms. The number of hydrogen-bond acceptors (Lipinski definition) is 6. The van der Waals surface area contributed by atoms with Crippen molar-refractivity contribution in [2.24, 2.45) is 0 Å². The topological polar surface area (TPSA) is 57.2 Å². The minimum atomic E-state index is -0.367. The van der Waals surface area contributed by atoms with Gasteiger partial charge in [0, 0.05) is 37.2 Å². The summed E-state index contributed by atoms with van der Waals surface area (Å²) in [6.45, 7) is 3.34. The second kappa shape index (κ2) is 8.76. The van der Waals surface area contributed by atoms with E-state index < -0.39 is 0 Å². The van der Waals surface area contributed by atoms with E-state index in [9.17, 15) is 4.79 Å². The van der Waals surface area contributed by atoms with Crippen LogP contribution >= 0.6 is 0 Å². The predicted octanol–water partition coefficient (Wildman–Crippen LogP) is 2.75. The molecule has 2 rings (SSSR count). The van der Waals surface area contributed by atoms with E-state index in [-0.39, 0.29) is 12.1 Å². The van der Waals surface area contributed by atoms with E-state index in [1.807, 2.05) is 26.1 Å². The number of benzene rings is 1. The van der Waals surface area contributed by atoms with Crippen LogP contribution in [0.25, 0.3) is 5.57 Å². The molecule has 6 heteroatoms. The van der Waals surface area contributed by atoms with Crippen LogP contribution in [-0.4, -0.2) is 58.4 Å². The average molecular weight is 349 g/mol. The maximum Gasteiger partial charge on any atom is 0.306 e. The Morgan fingerprint density at radius 3 is 2.32 bits per heavy atom. The molecule has 1 aromatic rings. The van der Waals surface area contributed by atoms with Gasteiger partial charge in [-0.05, 0) is 13.5 Å². The van der Waals surface area contributed by atoms with Gasteiger partial charge in [-0.2, -0.15) is 0 Å². The van der Waals surface area contributed by atoms with E-state index in [1.165, 1.54) is 0 Å². The van der Waals surface area contributed by atoms with Gasteiger partial charge in [-0.1, -0.05) is 13.0 Å². The zero-order valence-electron chi connectivity index (χ0n) is 15.6. The van der Waals surface area contributed by atoms with Crippen molar-refractivity contribution in [2.75, 3.05) is 41.5 Å². The normalized spacial score (nSPS) is 17.6. The highest BCUT2D eigenvalue weighted by Gasteiger charge is 2.30. The maximum atomic E-state index is 12.1. The number of rotatable bonds is 7. The zero-order valence-corrected chi connectivity index (χ0v) is 15.6. The van der Waals surface area contributed by atoms with Crippen LogP contribution in [0.2, 0.25) is 0 Å². The third-order valence-electron chi connectivity index (χ3n) is 4.18. The number of nitrogens with zero attached hydrogens (tertiary/aromatic N) is 1. The Morgan fingerprint density at radius 2 is 1.80 bits per heavy atom. The fourth-order valence-corrected chi connectivity index (χ4v) is 2.92. The van der Waals surface area contributed by atoms with Crippen molar-refractivity contribution in [1.82, 2.24) is 4.90 Å². The lowest BCUT2D eigenvalue weighted by molar-refractivity contribution is -0.147. The Morgan fingerprint density at radius 1 is 1.16 bits per heavy atom. The van der Waals surface area contributed by atoms with Gasteiger partial charge >= 0.3 is 5.97 Å². The summed E-state index contributed by atoms with van der Waals surface area (Å²) in [5.74, 6) is 1.71. The smallest absolute Gasteiger partial charge is 0.306 e. The van der Waals surface area contributed by atoms with Gasteiger partial charge < -0.3 is 18.9 Å². The van der Waals surface area contributed by atoms with E-state index in [1.54, 1.807) is 21.3 Å². The van der Waals surface area contributed by atoms with Gasteiger partial charge in [0.2, 0.25) is 0 Å². The highest BCUT2D eigenvalue weighted by Crippen LogP contribution is 2.41. The second-order valence-corrected chi connectivity index (χ2v) is 6.02. The standard InChI is InChI=1S/C19H27NO5/c1-6-7-18(21)25-17-12-20(2)9-8-14(17)19-15(23-4)10-13(22-3)11-16(19)24-5/h8,10-11,17H,6-7,9,12H2,1-5H3. The van der Waals surface area contributed by atoms with Gasteiger partial charge in [-0.25, -0.2) is 0 Å². The number of hydrogen-bond donors (Lipinski definition) is 0. The van der Waals surface area contributed by atoms with Crippen molar-refractivity contribution >= 4 is 11.5 Å². The van der Waals surface area contributed by atoms with Crippen molar-refractivity contribution in [1.29, 1.82) is 0 Å². The van der Waals surface area contributed by atoms with E-state index in [0.717, 1.165) is 24.1 Å². The summed E-state index contributed by atoms with van der Waals surface area (Å²) in [5, 5.41) is 0. The molecule has 25 heavy (non-hydrogen) atoms. The second-order valence-electron chi connectivity index (χ2n) is 6.02. The zero-order chi connectivity index (χ0) is 18.4. The first-order valence-electron chi connectivity index (χ1n) is 8.42. The molecule has 0 aliphatic carbocycles. The minimum absolute atomic E-state index is 0.194. The third kappa shape index (κ3) is 4.45. The van der Waals surface area contributed by atoms with Gasteiger partial charge in [-0.3, -0.25) is 9.69 Å².